The first-order valence-corrected chi connectivity index (χ1v) is 7.74. The molecule has 4 nitrogen and oxygen atoms in total. The van der Waals surface area contributed by atoms with Crippen LogP contribution < -0.4 is 5.32 Å². The fourth-order valence-electron chi connectivity index (χ4n) is 2.05. The molecule has 2 aromatic rings. The van der Waals surface area contributed by atoms with Gasteiger partial charge in [-0.1, -0.05) is 35.9 Å². The van der Waals surface area contributed by atoms with Gasteiger partial charge in [-0.15, -0.1) is 0 Å². The number of esters is 1. The number of carbonyl (C=O) groups excluding carboxylic acids is 2. The lowest BCUT2D eigenvalue weighted by Crippen LogP contribution is -2.30. The third kappa shape index (κ3) is 4.80. The van der Waals surface area contributed by atoms with Crippen LogP contribution in [-0.4, -0.2) is 18.0 Å². The molecule has 0 saturated heterocycles. The van der Waals surface area contributed by atoms with Crippen molar-refractivity contribution in [1.82, 2.24) is 0 Å². The normalized spacial score (nSPS) is 11.7. The van der Waals surface area contributed by atoms with Crippen molar-refractivity contribution < 1.29 is 18.7 Å². The van der Waals surface area contributed by atoms with E-state index in [1.165, 1.54) is 25.1 Å². The lowest BCUT2D eigenvalue weighted by Gasteiger charge is -2.15. The molecule has 1 amide bonds. The Bertz CT molecular complexity index is 764. The molecule has 0 heterocycles. The number of hydrogen-bond acceptors (Lipinski definition) is 3. The fourth-order valence-corrected chi connectivity index (χ4v) is 2.22. The summed E-state index contributed by atoms with van der Waals surface area (Å²) in [5.41, 5.74) is 1.60. The minimum absolute atomic E-state index is 0.223. The van der Waals surface area contributed by atoms with Gasteiger partial charge in [-0.2, -0.15) is 0 Å². The van der Waals surface area contributed by atoms with Crippen molar-refractivity contribution in [1.29, 1.82) is 0 Å². The van der Waals surface area contributed by atoms with Crippen LogP contribution in [0.5, 0.6) is 0 Å². The molecule has 2 rings (SSSR count). The highest BCUT2D eigenvalue weighted by atomic mass is 35.5. The molecular formula is C18H17ClFNO3. The SMILES string of the molecule is Cc1ccc(Cl)cc1NC(=O)[C@H](C)OC(=O)Cc1ccccc1F. The summed E-state index contributed by atoms with van der Waals surface area (Å²) in [4.78, 5) is 24.0. The van der Waals surface area contributed by atoms with Gasteiger partial charge in [-0.3, -0.25) is 9.59 Å². The standard InChI is InChI=1S/C18H17ClFNO3/c1-11-7-8-14(19)10-16(11)21-18(23)12(2)24-17(22)9-13-5-3-4-6-15(13)20/h3-8,10,12H,9H2,1-2H3,(H,21,23)/t12-/m0/s1. The Labute approximate surface area is 144 Å². The summed E-state index contributed by atoms with van der Waals surface area (Å²) in [5, 5.41) is 3.14. The Morgan fingerprint density at radius 3 is 2.67 bits per heavy atom. The molecule has 0 radical (unpaired) electrons. The Hall–Kier alpha value is -2.40. The van der Waals surface area contributed by atoms with Crippen molar-refractivity contribution in [3.63, 3.8) is 0 Å². The molecule has 0 aliphatic rings. The van der Waals surface area contributed by atoms with Crippen molar-refractivity contribution in [2.24, 2.45) is 0 Å². The molecule has 0 aliphatic heterocycles. The molecule has 2 aromatic carbocycles. The van der Waals surface area contributed by atoms with Crippen LogP contribution >= 0.6 is 11.6 Å². The van der Waals surface area contributed by atoms with Gasteiger partial charge >= 0.3 is 5.97 Å². The first-order valence-electron chi connectivity index (χ1n) is 7.36. The summed E-state index contributed by atoms with van der Waals surface area (Å²) in [7, 11) is 0. The molecule has 0 fully saturated rings. The Kier molecular flexibility index (Phi) is 5.93. The molecule has 24 heavy (non-hydrogen) atoms. The molecule has 0 spiro atoms. The van der Waals surface area contributed by atoms with E-state index in [1.54, 1.807) is 24.3 Å². The molecule has 0 aromatic heterocycles. The molecule has 1 atom stereocenters. The van der Waals surface area contributed by atoms with Gasteiger partial charge < -0.3 is 10.1 Å². The van der Waals surface area contributed by atoms with Gasteiger partial charge in [0.05, 0.1) is 6.42 Å². The number of benzene rings is 2. The van der Waals surface area contributed by atoms with E-state index >= 15 is 0 Å². The summed E-state index contributed by atoms with van der Waals surface area (Å²) in [6.45, 7) is 3.27. The van der Waals surface area contributed by atoms with Crippen LogP contribution in [0.4, 0.5) is 10.1 Å². The number of halogens is 2. The molecule has 0 unspecified atom stereocenters. The van der Waals surface area contributed by atoms with Gasteiger partial charge in [0.15, 0.2) is 6.10 Å². The molecule has 0 saturated carbocycles. The van der Waals surface area contributed by atoms with E-state index in [2.05, 4.69) is 5.32 Å². The quantitative estimate of drug-likeness (QED) is 0.833. The number of anilines is 1. The van der Waals surface area contributed by atoms with Gasteiger partial charge in [-0.25, -0.2) is 4.39 Å². The molecule has 1 N–H and O–H groups in total. The van der Waals surface area contributed by atoms with Crippen molar-refractivity contribution in [2.75, 3.05) is 5.32 Å². The van der Waals surface area contributed by atoms with Crippen LogP contribution in [0.2, 0.25) is 5.02 Å². The molecule has 126 valence electrons. The topological polar surface area (TPSA) is 55.4 Å². The highest BCUT2D eigenvalue weighted by molar-refractivity contribution is 6.31. The number of amides is 1. The second kappa shape index (κ2) is 7.93. The zero-order valence-electron chi connectivity index (χ0n) is 13.3. The van der Waals surface area contributed by atoms with Crippen molar-refractivity contribution in [2.45, 2.75) is 26.4 Å². The van der Waals surface area contributed by atoms with Gasteiger partial charge in [-0.05, 0) is 43.2 Å². The third-order valence-electron chi connectivity index (χ3n) is 3.43. The number of hydrogen-bond donors (Lipinski definition) is 1. The first kappa shape index (κ1) is 17.9. The van der Waals surface area contributed by atoms with Gasteiger partial charge in [0, 0.05) is 10.7 Å². The Morgan fingerprint density at radius 1 is 1.25 bits per heavy atom. The molecular weight excluding hydrogens is 333 g/mol. The highest BCUT2D eigenvalue weighted by Gasteiger charge is 2.19. The van der Waals surface area contributed by atoms with Gasteiger partial charge in [0.25, 0.3) is 5.91 Å². The second-order valence-electron chi connectivity index (χ2n) is 5.35. The van der Waals surface area contributed by atoms with Crippen LogP contribution in [-0.2, 0) is 20.7 Å². The fraction of sp³-hybridized carbons (Fsp3) is 0.222. The maximum Gasteiger partial charge on any atom is 0.311 e. The summed E-state index contributed by atoms with van der Waals surface area (Å²) in [6.07, 6.45) is -1.25. The number of rotatable bonds is 5. The number of aryl methyl sites for hydroxylation is 1. The van der Waals surface area contributed by atoms with Gasteiger partial charge in [0.1, 0.15) is 5.82 Å². The van der Waals surface area contributed by atoms with E-state index in [0.717, 1.165) is 5.56 Å². The summed E-state index contributed by atoms with van der Waals surface area (Å²) >= 11 is 5.90. The largest absolute Gasteiger partial charge is 0.452 e. The third-order valence-corrected chi connectivity index (χ3v) is 3.66. The lowest BCUT2D eigenvalue weighted by molar-refractivity contribution is -0.152. The Balaban J connectivity index is 1.95. The summed E-state index contributed by atoms with van der Waals surface area (Å²) in [6, 6.07) is 11.0. The minimum Gasteiger partial charge on any atom is -0.452 e. The van der Waals surface area contributed by atoms with Crippen molar-refractivity contribution >= 4 is 29.2 Å². The zero-order valence-corrected chi connectivity index (χ0v) is 14.1. The summed E-state index contributed by atoms with van der Waals surface area (Å²) < 4.78 is 18.6. The average molecular weight is 350 g/mol. The molecule has 6 heteroatoms. The predicted molar refractivity (Wildman–Crippen MR) is 90.5 cm³/mol. The van der Waals surface area contributed by atoms with Crippen molar-refractivity contribution in [3.8, 4) is 0 Å². The van der Waals surface area contributed by atoms with E-state index in [-0.39, 0.29) is 12.0 Å². The monoisotopic (exact) mass is 349 g/mol. The van der Waals surface area contributed by atoms with Crippen LogP contribution in [0, 0.1) is 12.7 Å². The van der Waals surface area contributed by atoms with E-state index < -0.39 is 23.8 Å². The van der Waals surface area contributed by atoms with Gasteiger partial charge in [0.2, 0.25) is 0 Å². The number of carbonyl (C=O) groups is 2. The van der Waals surface area contributed by atoms with Crippen LogP contribution in [0.3, 0.4) is 0 Å². The van der Waals surface area contributed by atoms with Crippen LogP contribution in [0.1, 0.15) is 18.1 Å². The predicted octanol–water partition coefficient (Wildman–Crippen LogP) is 3.90. The Morgan fingerprint density at radius 2 is 1.96 bits per heavy atom. The molecule has 0 bridgehead atoms. The lowest BCUT2D eigenvalue weighted by atomic mass is 10.1. The van der Waals surface area contributed by atoms with Crippen LogP contribution in [0.15, 0.2) is 42.5 Å². The maximum atomic E-state index is 13.5. The van der Waals surface area contributed by atoms with E-state index in [1.807, 2.05) is 6.92 Å². The minimum atomic E-state index is -1.01. The summed E-state index contributed by atoms with van der Waals surface area (Å²) in [5.74, 6) is -1.64. The highest BCUT2D eigenvalue weighted by Crippen LogP contribution is 2.20. The number of ether oxygens (including phenoxy) is 1. The smallest absolute Gasteiger partial charge is 0.311 e. The maximum absolute atomic E-state index is 13.5. The zero-order chi connectivity index (χ0) is 17.7. The van der Waals surface area contributed by atoms with E-state index in [0.29, 0.717) is 10.7 Å². The second-order valence-corrected chi connectivity index (χ2v) is 5.79. The van der Waals surface area contributed by atoms with Crippen molar-refractivity contribution in [3.05, 3.63) is 64.4 Å². The number of nitrogens with one attached hydrogen (secondary N) is 1. The average Bonchev–Trinajstić information content (AvgIpc) is 2.53. The first-order chi connectivity index (χ1) is 11.4. The molecule has 0 aliphatic carbocycles. The van der Waals surface area contributed by atoms with E-state index in [4.69, 9.17) is 16.3 Å². The van der Waals surface area contributed by atoms with E-state index in [9.17, 15) is 14.0 Å². The van der Waals surface area contributed by atoms with Crippen LogP contribution in [0.25, 0.3) is 0 Å².